The molecule has 0 fully saturated rings. The maximum atomic E-state index is 14.1. The third kappa shape index (κ3) is 3.10. The second kappa shape index (κ2) is 8.29. The number of para-hydroxylation sites is 2. The van der Waals surface area contributed by atoms with Crippen molar-refractivity contribution in [3.05, 3.63) is 131 Å². The van der Waals surface area contributed by atoms with Crippen molar-refractivity contribution in [1.29, 1.82) is 0 Å². The number of fused-ring (bicyclic) bond motifs is 4. The quantitative estimate of drug-likeness (QED) is 0.236. The zero-order valence-corrected chi connectivity index (χ0v) is 21.1. The summed E-state index contributed by atoms with van der Waals surface area (Å²) in [5.74, 6) is -0.603. The van der Waals surface area contributed by atoms with E-state index < -0.39 is 0 Å². The standard InChI is InChI=1S/C34H24N2O2/c1-21-10-6-16-26-27-17-7-11-22(2)32(27)36(31(21)26)29-19-9-18-28-30(29)34(38)35(33(28)37)25-15-8-14-24(20-25)23-12-4-3-5-13-23/h3-20H,1-2H3. The van der Waals surface area contributed by atoms with Crippen LogP contribution in [0.1, 0.15) is 31.8 Å². The van der Waals surface area contributed by atoms with E-state index in [2.05, 4.69) is 54.8 Å². The van der Waals surface area contributed by atoms with E-state index in [0.29, 0.717) is 16.8 Å². The van der Waals surface area contributed by atoms with Crippen molar-refractivity contribution in [2.24, 2.45) is 0 Å². The van der Waals surface area contributed by atoms with Crippen LogP contribution in [0.5, 0.6) is 0 Å². The van der Waals surface area contributed by atoms with Gasteiger partial charge in [0.1, 0.15) is 0 Å². The lowest BCUT2D eigenvalue weighted by molar-refractivity contribution is 0.0926. The van der Waals surface area contributed by atoms with Gasteiger partial charge in [-0.25, -0.2) is 4.90 Å². The van der Waals surface area contributed by atoms with Crippen LogP contribution in [-0.2, 0) is 0 Å². The van der Waals surface area contributed by atoms with Crippen LogP contribution in [0.2, 0.25) is 0 Å². The van der Waals surface area contributed by atoms with Gasteiger partial charge in [-0.2, -0.15) is 0 Å². The summed E-state index contributed by atoms with van der Waals surface area (Å²) in [7, 11) is 0. The van der Waals surface area contributed by atoms with Crippen LogP contribution in [0.4, 0.5) is 5.69 Å². The molecule has 6 aromatic rings. The van der Waals surface area contributed by atoms with Gasteiger partial charge >= 0.3 is 0 Å². The summed E-state index contributed by atoms with van der Waals surface area (Å²) in [6.07, 6.45) is 0. The maximum Gasteiger partial charge on any atom is 0.268 e. The maximum absolute atomic E-state index is 14.1. The Bertz CT molecular complexity index is 1870. The number of rotatable bonds is 3. The molecule has 0 saturated heterocycles. The largest absolute Gasteiger partial charge is 0.308 e. The number of anilines is 1. The van der Waals surface area contributed by atoms with Gasteiger partial charge in [-0.3, -0.25) is 9.59 Å². The highest BCUT2D eigenvalue weighted by Gasteiger charge is 2.39. The van der Waals surface area contributed by atoms with E-state index in [1.165, 1.54) is 4.90 Å². The number of aromatic nitrogens is 1. The highest BCUT2D eigenvalue weighted by Crippen LogP contribution is 2.39. The Morgan fingerprint density at radius 3 is 1.84 bits per heavy atom. The van der Waals surface area contributed by atoms with E-state index in [-0.39, 0.29) is 11.8 Å². The molecular formula is C34H24N2O2. The predicted molar refractivity (Wildman–Crippen MR) is 153 cm³/mol. The van der Waals surface area contributed by atoms with Gasteiger partial charge in [0.25, 0.3) is 11.8 Å². The molecule has 2 heterocycles. The molecule has 4 nitrogen and oxygen atoms in total. The summed E-state index contributed by atoms with van der Waals surface area (Å²) < 4.78 is 2.17. The van der Waals surface area contributed by atoms with Crippen LogP contribution in [0.3, 0.4) is 0 Å². The fourth-order valence-electron chi connectivity index (χ4n) is 5.84. The van der Waals surface area contributed by atoms with Crippen molar-refractivity contribution >= 4 is 39.3 Å². The van der Waals surface area contributed by atoms with Crippen LogP contribution in [0, 0.1) is 13.8 Å². The second-order valence-electron chi connectivity index (χ2n) is 9.84. The van der Waals surface area contributed by atoms with Gasteiger partial charge in [0.15, 0.2) is 0 Å². The fourth-order valence-corrected chi connectivity index (χ4v) is 5.84. The molecule has 0 aliphatic carbocycles. The average Bonchev–Trinajstić information content (AvgIpc) is 3.43. The zero-order chi connectivity index (χ0) is 26.0. The third-order valence-electron chi connectivity index (χ3n) is 7.56. The first-order valence-corrected chi connectivity index (χ1v) is 12.7. The molecule has 0 radical (unpaired) electrons. The molecule has 0 saturated carbocycles. The lowest BCUT2D eigenvalue weighted by Gasteiger charge is -2.16. The Hall–Kier alpha value is -4.96. The van der Waals surface area contributed by atoms with Crippen LogP contribution in [-0.4, -0.2) is 16.4 Å². The van der Waals surface area contributed by atoms with Gasteiger partial charge < -0.3 is 4.57 Å². The van der Waals surface area contributed by atoms with Crippen molar-refractivity contribution in [1.82, 2.24) is 4.57 Å². The summed E-state index contributed by atoms with van der Waals surface area (Å²) in [5, 5.41) is 2.26. The molecule has 4 heteroatoms. The van der Waals surface area contributed by atoms with Gasteiger partial charge in [-0.05, 0) is 60.4 Å². The molecule has 182 valence electrons. The molecule has 0 unspecified atom stereocenters. The molecule has 0 spiro atoms. The fraction of sp³-hybridized carbons (Fsp3) is 0.0588. The minimum Gasteiger partial charge on any atom is -0.308 e. The first-order valence-electron chi connectivity index (χ1n) is 12.7. The van der Waals surface area contributed by atoms with E-state index in [1.807, 2.05) is 66.7 Å². The van der Waals surface area contributed by atoms with E-state index in [9.17, 15) is 9.59 Å². The summed E-state index contributed by atoms with van der Waals surface area (Å²) in [5.41, 5.74) is 8.47. The molecule has 1 aliphatic heterocycles. The monoisotopic (exact) mass is 492 g/mol. The molecular weight excluding hydrogens is 468 g/mol. The van der Waals surface area contributed by atoms with Gasteiger partial charge in [0, 0.05) is 10.8 Å². The van der Waals surface area contributed by atoms with E-state index >= 15 is 0 Å². The lowest BCUT2D eigenvalue weighted by Crippen LogP contribution is -2.29. The molecule has 1 aromatic heterocycles. The summed E-state index contributed by atoms with van der Waals surface area (Å²) in [4.78, 5) is 29.2. The number of carbonyl (C=O) groups excluding carboxylic acids is 2. The zero-order valence-electron chi connectivity index (χ0n) is 21.1. The van der Waals surface area contributed by atoms with Crippen LogP contribution >= 0.6 is 0 Å². The number of benzene rings is 5. The number of carbonyl (C=O) groups is 2. The number of nitrogens with zero attached hydrogens (tertiary/aromatic N) is 2. The minimum absolute atomic E-state index is 0.300. The number of amides is 2. The molecule has 2 amide bonds. The number of aryl methyl sites for hydroxylation is 2. The van der Waals surface area contributed by atoms with Crippen molar-refractivity contribution in [3.8, 4) is 16.8 Å². The van der Waals surface area contributed by atoms with Gasteiger partial charge in [0.2, 0.25) is 0 Å². The second-order valence-corrected chi connectivity index (χ2v) is 9.84. The number of imide groups is 1. The van der Waals surface area contributed by atoms with E-state index in [4.69, 9.17) is 0 Å². The Balaban J connectivity index is 1.45. The predicted octanol–water partition coefficient (Wildman–Crippen LogP) is 7.87. The molecule has 5 aromatic carbocycles. The summed E-state index contributed by atoms with van der Waals surface area (Å²) >= 11 is 0. The van der Waals surface area contributed by atoms with Crippen LogP contribution in [0.15, 0.2) is 109 Å². The Labute approximate surface area is 220 Å². The Kier molecular flexibility index (Phi) is 4.85. The van der Waals surface area contributed by atoms with Crippen molar-refractivity contribution in [3.63, 3.8) is 0 Å². The highest BCUT2D eigenvalue weighted by atomic mass is 16.2. The minimum atomic E-state index is -0.303. The summed E-state index contributed by atoms with van der Waals surface area (Å²) in [6, 6.07) is 35.7. The third-order valence-corrected chi connectivity index (χ3v) is 7.56. The number of hydrogen-bond donors (Lipinski definition) is 0. The van der Waals surface area contributed by atoms with Gasteiger partial charge in [-0.15, -0.1) is 0 Å². The van der Waals surface area contributed by atoms with E-state index in [0.717, 1.165) is 49.7 Å². The Morgan fingerprint density at radius 2 is 1.16 bits per heavy atom. The summed E-state index contributed by atoms with van der Waals surface area (Å²) in [6.45, 7) is 4.18. The van der Waals surface area contributed by atoms with Crippen LogP contribution in [0.25, 0.3) is 38.6 Å². The smallest absolute Gasteiger partial charge is 0.268 e. The van der Waals surface area contributed by atoms with E-state index in [1.54, 1.807) is 6.07 Å². The van der Waals surface area contributed by atoms with Crippen molar-refractivity contribution in [2.45, 2.75) is 13.8 Å². The first kappa shape index (κ1) is 22.3. The van der Waals surface area contributed by atoms with Crippen LogP contribution < -0.4 is 4.90 Å². The molecule has 7 rings (SSSR count). The Morgan fingerprint density at radius 1 is 0.553 bits per heavy atom. The molecule has 1 aliphatic rings. The van der Waals surface area contributed by atoms with Crippen molar-refractivity contribution in [2.75, 3.05) is 4.90 Å². The van der Waals surface area contributed by atoms with Gasteiger partial charge in [0.05, 0.1) is 33.5 Å². The molecule has 0 N–H and O–H groups in total. The lowest BCUT2D eigenvalue weighted by atomic mass is 10.0. The number of hydrogen-bond acceptors (Lipinski definition) is 2. The average molecular weight is 493 g/mol. The normalized spacial score (nSPS) is 13.1. The molecule has 38 heavy (non-hydrogen) atoms. The van der Waals surface area contributed by atoms with Crippen molar-refractivity contribution < 1.29 is 9.59 Å². The highest BCUT2D eigenvalue weighted by molar-refractivity contribution is 6.36. The van der Waals surface area contributed by atoms with Gasteiger partial charge in [-0.1, -0.05) is 84.9 Å². The SMILES string of the molecule is Cc1cccc2c3cccc(C)c3n(-c3cccc4c3C(=O)N(c3cccc(-c5ccccc5)c3)C4=O)c12. The molecule has 0 bridgehead atoms. The first-order chi connectivity index (χ1) is 18.5. The molecule has 0 atom stereocenters. The topological polar surface area (TPSA) is 42.3 Å².